The van der Waals surface area contributed by atoms with Gasteiger partial charge in [-0.3, -0.25) is 0 Å². The molecular formula is C81H81B34BrN4O3. The number of fused-ring (bicyclic) bond motifs is 3. The van der Waals surface area contributed by atoms with Gasteiger partial charge in [-0.25, -0.2) is 0 Å². The molecule has 123 heavy (non-hydrogen) atoms. The fourth-order valence-electron chi connectivity index (χ4n) is 17.5. The molecule has 0 aromatic heterocycles. The summed E-state index contributed by atoms with van der Waals surface area (Å²) in [6.45, 7) is 9.79. The van der Waals surface area contributed by atoms with E-state index in [-0.39, 0.29) is 0 Å². The third kappa shape index (κ3) is 25.5. The van der Waals surface area contributed by atoms with Crippen molar-refractivity contribution in [2.75, 3.05) is 58.1 Å². The van der Waals surface area contributed by atoms with E-state index in [4.69, 9.17) is 165 Å². The van der Waals surface area contributed by atoms with Crippen LogP contribution in [0.1, 0.15) is 48.8 Å². The number of ether oxygens (including phenoxy) is 3. The number of rotatable bonds is 35. The molecule has 7 nitrogen and oxygen atoms in total. The Balaban J connectivity index is 0.000000220. The summed E-state index contributed by atoms with van der Waals surface area (Å²) in [7, 11) is 115. The SMILES string of the molecule is COc1c(-c2ccccc2Br)cc(C)cc1-c1cccc2ccccc12.COc1c(-c2ccccc2NCCCCCNc2ccccc2-c2cc(C)cc(-c3cccc4ccccc34)c2OC)cc(C)cc1-c1cccc2ccccc12.NCCCCN.[B]B([B])B(B([B])[B])B(B([B])[B])B(B(B([B])[B])B([B])[B])B(B(B([B])[B])B([B])[B])B(B([B])[B])B([B])[B]. The van der Waals surface area contributed by atoms with E-state index in [9.17, 15) is 0 Å². The molecule has 0 saturated carbocycles. The molecular weight excluding hydrogens is 1520 g/mol. The van der Waals surface area contributed by atoms with E-state index in [2.05, 4.69) is 278 Å². The molecule has 12 aromatic carbocycles. The van der Waals surface area contributed by atoms with Gasteiger partial charge in [-0.1, -0.05) is 198 Å². The van der Waals surface area contributed by atoms with Crippen molar-refractivity contribution < 1.29 is 14.2 Å². The predicted octanol–water partition coefficient (Wildman–Crippen LogP) is 7.98. The Morgan fingerprint density at radius 3 is 0.789 bits per heavy atom. The second-order valence-electron chi connectivity index (χ2n) is 31.8. The van der Waals surface area contributed by atoms with E-state index in [0.29, 0.717) is 0 Å². The highest BCUT2D eigenvalue weighted by molar-refractivity contribution is 9.10. The molecule has 6 N–H and O–H groups in total. The summed E-state index contributed by atoms with van der Waals surface area (Å²) in [5.74, 6) is 2.69. The first-order valence-corrected chi connectivity index (χ1v) is 42.8. The summed E-state index contributed by atoms with van der Waals surface area (Å²) in [4.78, 5) is 0. The maximum atomic E-state index is 6.24. The van der Waals surface area contributed by atoms with Gasteiger partial charge < -0.3 is 36.3 Å². The van der Waals surface area contributed by atoms with Crippen LogP contribution in [0, 0.1) is 20.8 Å². The Bertz CT molecular complexity index is 5130. The molecule has 36 radical (unpaired) electrons. The van der Waals surface area contributed by atoms with Crippen LogP contribution in [-0.2, 0) is 0 Å². The number of hydrogen-bond acceptors (Lipinski definition) is 7. The first-order chi connectivity index (χ1) is 59.0. The second-order valence-corrected chi connectivity index (χ2v) is 32.6. The van der Waals surface area contributed by atoms with E-state index >= 15 is 0 Å². The van der Waals surface area contributed by atoms with E-state index in [0.717, 1.165) is 141 Å². The molecule has 0 aliphatic heterocycles. The number of para-hydroxylation sites is 2. The minimum absolute atomic E-state index is 0.775. The normalized spacial score (nSPS) is 10.5. The average molecular weight is 1610 g/mol. The maximum absolute atomic E-state index is 6.24. The number of hydrogen-bond donors (Lipinski definition) is 4. The average Bonchev–Trinajstić information content (AvgIpc) is 0.769. The lowest BCUT2D eigenvalue weighted by molar-refractivity contribution is 0.418. The van der Waals surface area contributed by atoms with Crippen LogP contribution in [0.15, 0.2) is 241 Å². The maximum Gasteiger partial charge on any atom is 0.134 e. The summed E-state index contributed by atoms with van der Waals surface area (Å²) in [6, 6.07) is 83.9. The van der Waals surface area contributed by atoms with Gasteiger partial charge in [-0.2, -0.15) is 0 Å². The van der Waals surface area contributed by atoms with E-state index < -0.39 is 102 Å². The fraction of sp³-hybridized carbons (Fsp3) is 0.185. The topological polar surface area (TPSA) is 104 Å². The molecule has 12 rings (SSSR count). The number of methoxy groups -OCH3 is 3. The minimum atomic E-state index is -1.16. The fourth-order valence-corrected chi connectivity index (χ4v) is 18.0. The van der Waals surface area contributed by atoms with Crippen LogP contribution in [-0.4, -0.2) is 289 Å². The lowest BCUT2D eigenvalue weighted by Gasteiger charge is -2.52. The zero-order chi connectivity index (χ0) is 89.3. The Morgan fingerprint density at radius 1 is 0.260 bits per heavy atom. The van der Waals surface area contributed by atoms with Crippen molar-refractivity contribution in [2.45, 2.75) is 52.9 Å². The third-order valence-corrected chi connectivity index (χ3v) is 23.7. The van der Waals surface area contributed by atoms with Crippen LogP contribution in [0.25, 0.3) is 99.1 Å². The molecule has 42 heteroatoms. The molecule has 0 bridgehead atoms. The zero-order valence-corrected chi connectivity index (χ0v) is 73.4. The number of anilines is 2. The number of halogens is 1. The van der Waals surface area contributed by atoms with E-state index in [1.165, 1.54) is 65.7 Å². The Morgan fingerprint density at radius 2 is 0.496 bits per heavy atom. The highest BCUT2D eigenvalue weighted by Gasteiger charge is 2.54. The predicted molar refractivity (Wildman–Crippen MR) is 580 cm³/mol. The molecule has 0 unspecified atom stereocenters. The highest BCUT2D eigenvalue weighted by atomic mass is 79.9. The molecule has 0 atom stereocenters. The lowest BCUT2D eigenvalue weighted by Crippen LogP contribution is -2.90. The number of nitrogens with one attached hydrogen (secondary N) is 2. The van der Waals surface area contributed by atoms with Crippen LogP contribution in [0.3, 0.4) is 0 Å². The summed E-state index contributed by atoms with van der Waals surface area (Å²) < 4.78 is 19.4. The van der Waals surface area contributed by atoms with Crippen LogP contribution >= 0.6 is 15.9 Å². The van der Waals surface area contributed by atoms with Crippen molar-refractivity contribution >= 4 is 301 Å². The zero-order valence-electron chi connectivity index (χ0n) is 71.8. The summed E-state index contributed by atoms with van der Waals surface area (Å²) in [5.41, 5.74) is 29.8. The molecule has 0 saturated heterocycles. The molecule has 0 heterocycles. The van der Waals surface area contributed by atoms with Crippen LogP contribution in [0.4, 0.5) is 11.4 Å². The summed E-state index contributed by atoms with van der Waals surface area (Å²) >= 11 is 3.69. The largest absolute Gasteiger partial charge is 0.495 e. The van der Waals surface area contributed by atoms with Gasteiger partial charge in [0.15, 0.2) is 0 Å². The van der Waals surface area contributed by atoms with Gasteiger partial charge in [0, 0.05) is 315 Å². The van der Waals surface area contributed by atoms with Crippen molar-refractivity contribution in [1.82, 2.24) is 0 Å². The standard InChI is InChI=1S/C53H50N2O2.C24H19BrO.C4H12N2.B34/c1-36-32-46(42-26-16-20-38-18-6-8-22-40(38)42)52(56-3)48(34-36)44-24-10-12-28-50(44)54-30-14-5-15-31-55-51-29-13-11-25-45(51)49-35-37(2)33-47(53(49)57-4)43-27-17-21-39-19-7-9-23-41(39)43;1-16-14-21(19-12-7-9-17-8-3-4-10-18(17)19)24(26-2)22(15-16)20-11-5-6-13-23(20)25;5-3-1-2-4-6;1-19(2)28(20(3)4)32(27(17)18)34(31(25(13)14)26(15)16)33(29(21(5)6)22(7)8)30(23(9)10)24(11)12/h6-13,16-29,32-35,54-55H,5,14-15,30-31H2,1-4H3;3-15H,1-2H3;1-6H2;. The van der Waals surface area contributed by atoms with Gasteiger partial charge in [0.25, 0.3) is 0 Å². The molecule has 0 amide bonds. The van der Waals surface area contributed by atoms with Crippen molar-refractivity contribution in [1.29, 1.82) is 0 Å². The quantitative estimate of drug-likeness (QED) is 0.0236. The smallest absolute Gasteiger partial charge is 0.134 e. The number of aryl methyl sites for hydroxylation is 3. The van der Waals surface area contributed by atoms with Crippen molar-refractivity contribution in [3.63, 3.8) is 0 Å². The monoisotopic (exact) mass is 1610 g/mol. The number of nitrogens with two attached hydrogens (primary N) is 2. The van der Waals surface area contributed by atoms with Crippen LogP contribution < -0.4 is 36.3 Å². The molecule has 552 valence electrons. The van der Waals surface area contributed by atoms with Gasteiger partial charge in [-0.15, -0.1) is 0 Å². The van der Waals surface area contributed by atoms with Gasteiger partial charge in [0.05, 0.1) is 21.3 Å². The summed E-state index contributed by atoms with van der Waals surface area (Å²) in [6.07, 6.45) is -11.3. The van der Waals surface area contributed by atoms with Crippen molar-refractivity contribution in [3.05, 3.63) is 258 Å². The lowest BCUT2D eigenvalue weighted by atomic mass is 8.29. The second kappa shape index (κ2) is 48.8. The first-order valence-electron chi connectivity index (χ1n) is 42.0. The van der Waals surface area contributed by atoms with E-state index in [1.807, 2.05) is 6.07 Å². The Kier molecular flexibility index (Phi) is 39.6. The Hall–Kier alpha value is -6.97. The van der Waals surface area contributed by atoms with Gasteiger partial charge in [-0.05, 0) is 192 Å². The third-order valence-electron chi connectivity index (χ3n) is 23.0. The Labute approximate surface area is 773 Å². The minimum Gasteiger partial charge on any atom is -0.495 e. The molecule has 0 aliphatic rings. The van der Waals surface area contributed by atoms with Gasteiger partial charge in [0.1, 0.15) is 17.2 Å². The van der Waals surface area contributed by atoms with Crippen LogP contribution in [0.2, 0.25) is 0 Å². The molecule has 12 aromatic rings. The van der Waals surface area contributed by atoms with Gasteiger partial charge in [0.2, 0.25) is 0 Å². The molecule has 0 spiro atoms. The molecule has 0 aliphatic carbocycles. The van der Waals surface area contributed by atoms with Crippen LogP contribution in [0.5, 0.6) is 17.2 Å². The summed E-state index contributed by atoms with van der Waals surface area (Å²) in [5, 5.41) is 14.9. The first kappa shape index (κ1) is 99.8. The highest BCUT2D eigenvalue weighted by Crippen LogP contribution is 2.48. The van der Waals surface area contributed by atoms with E-state index in [1.54, 1.807) is 21.3 Å². The number of benzene rings is 12. The van der Waals surface area contributed by atoms with Crippen molar-refractivity contribution in [3.8, 4) is 84.0 Å². The van der Waals surface area contributed by atoms with Gasteiger partial charge >= 0.3 is 0 Å². The van der Waals surface area contributed by atoms with Crippen molar-refractivity contribution in [2.24, 2.45) is 11.5 Å². The number of unbranched alkanes of at least 4 members (excludes halogenated alkanes) is 3. The molecule has 0 fully saturated rings.